The summed E-state index contributed by atoms with van der Waals surface area (Å²) in [5.41, 5.74) is 2.63. The van der Waals surface area contributed by atoms with E-state index in [0.717, 1.165) is 22.5 Å². The molecule has 0 atom stereocenters. The predicted octanol–water partition coefficient (Wildman–Crippen LogP) is 3.23. The first-order chi connectivity index (χ1) is 14.1. The molecule has 0 spiro atoms. The van der Waals surface area contributed by atoms with Crippen molar-refractivity contribution < 1.29 is 23.5 Å². The predicted molar refractivity (Wildman–Crippen MR) is 108 cm³/mol. The lowest BCUT2D eigenvalue weighted by Gasteiger charge is -2.05. The van der Waals surface area contributed by atoms with Gasteiger partial charge in [0.05, 0.1) is 7.11 Å². The maximum absolute atomic E-state index is 13.6. The van der Waals surface area contributed by atoms with Crippen molar-refractivity contribution >= 4 is 28.9 Å². The molecule has 3 aromatic rings. The van der Waals surface area contributed by atoms with Crippen molar-refractivity contribution in [1.82, 2.24) is 10.3 Å². The van der Waals surface area contributed by atoms with E-state index in [1.807, 2.05) is 30.5 Å². The lowest BCUT2D eigenvalue weighted by atomic mass is 10.1. The van der Waals surface area contributed by atoms with E-state index in [-0.39, 0.29) is 18.3 Å². The molecule has 0 saturated heterocycles. The molecule has 1 heterocycles. The quantitative estimate of drug-likeness (QED) is 0.453. The van der Waals surface area contributed by atoms with Gasteiger partial charge in [-0.15, -0.1) is 0 Å². The minimum absolute atomic E-state index is 0.119. The Labute approximate surface area is 167 Å². The molecule has 1 amide bonds. The fourth-order valence-corrected chi connectivity index (χ4v) is 2.86. The minimum Gasteiger partial charge on any atom is -0.494 e. The number of carbonyl (C=O) groups excluding carboxylic acids is 2. The average Bonchev–Trinajstić information content (AvgIpc) is 3.14. The number of nitrogens with one attached hydrogen (secondary N) is 2. The number of esters is 1. The van der Waals surface area contributed by atoms with Crippen molar-refractivity contribution in [2.75, 3.05) is 20.3 Å². The Morgan fingerprint density at radius 3 is 2.83 bits per heavy atom. The van der Waals surface area contributed by atoms with Crippen LogP contribution in [0.3, 0.4) is 0 Å². The first-order valence-electron chi connectivity index (χ1n) is 9.07. The van der Waals surface area contributed by atoms with Gasteiger partial charge < -0.3 is 19.8 Å². The minimum atomic E-state index is -0.687. The van der Waals surface area contributed by atoms with Crippen molar-refractivity contribution in [3.05, 3.63) is 71.7 Å². The van der Waals surface area contributed by atoms with Gasteiger partial charge >= 0.3 is 5.97 Å². The summed E-state index contributed by atoms with van der Waals surface area (Å²) in [4.78, 5) is 26.8. The van der Waals surface area contributed by atoms with Crippen LogP contribution in [0.5, 0.6) is 5.75 Å². The highest BCUT2D eigenvalue weighted by atomic mass is 19.1. The normalized spacial score (nSPS) is 11.0. The molecule has 0 aliphatic heterocycles. The SMILES string of the molecule is COc1ccc(/C=C/C(=O)OCC(=O)NCCc2c[nH]c3ccccc23)cc1F. The van der Waals surface area contributed by atoms with Crippen molar-refractivity contribution in [1.29, 1.82) is 0 Å². The summed E-state index contributed by atoms with van der Waals surface area (Å²) in [7, 11) is 1.37. The third-order valence-electron chi connectivity index (χ3n) is 4.32. The zero-order chi connectivity index (χ0) is 20.6. The van der Waals surface area contributed by atoms with Crippen LogP contribution in [-0.4, -0.2) is 37.1 Å². The van der Waals surface area contributed by atoms with Crippen LogP contribution in [0.4, 0.5) is 4.39 Å². The Kier molecular flexibility index (Phi) is 6.63. The Morgan fingerprint density at radius 2 is 2.03 bits per heavy atom. The van der Waals surface area contributed by atoms with Gasteiger partial charge in [0, 0.05) is 29.7 Å². The number of ether oxygens (including phenoxy) is 2. The van der Waals surface area contributed by atoms with E-state index in [9.17, 15) is 14.0 Å². The molecular formula is C22H21FN2O4. The molecule has 3 rings (SSSR count). The zero-order valence-electron chi connectivity index (χ0n) is 15.9. The second-order valence-electron chi connectivity index (χ2n) is 6.29. The van der Waals surface area contributed by atoms with Crippen molar-refractivity contribution in [3.8, 4) is 5.75 Å². The van der Waals surface area contributed by atoms with Gasteiger partial charge in [0.15, 0.2) is 18.2 Å². The number of hydrogen-bond donors (Lipinski definition) is 2. The van der Waals surface area contributed by atoms with Crippen LogP contribution >= 0.6 is 0 Å². The van der Waals surface area contributed by atoms with E-state index in [2.05, 4.69) is 10.3 Å². The van der Waals surface area contributed by atoms with Crippen LogP contribution < -0.4 is 10.1 Å². The van der Waals surface area contributed by atoms with Crippen LogP contribution in [0.1, 0.15) is 11.1 Å². The van der Waals surface area contributed by atoms with Crippen LogP contribution in [0.15, 0.2) is 54.7 Å². The summed E-state index contributed by atoms with van der Waals surface area (Å²) in [6.45, 7) is 0.0488. The second kappa shape index (κ2) is 9.54. The van der Waals surface area contributed by atoms with Gasteiger partial charge in [-0.25, -0.2) is 9.18 Å². The van der Waals surface area contributed by atoms with Gasteiger partial charge in [0.2, 0.25) is 0 Å². The van der Waals surface area contributed by atoms with E-state index >= 15 is 0 Å². The molecule has 150 valence electrons. The van der Waals surface area contributed by atoms with Crippen molar-refractivity contribution in [2.24, 2.45) is 0 Å². The monoisotopic (exact) mass is 396 g/mol. The highest BCUT2D eigenvalue weighted by Crippen LogP contribution is 2.19. The largest absolute Gasteiger partial charge is 0.494 e. The van der Waals surface area contributed by atoms with E-state index in [0.29, 0.717) is 18.5 Å². The smallest absolute Gasteiger partial charge is 0.331 e. The van der Waals surface area contributed by atoms with Gasteiger partial charge in [-0.2, -0.15) is 0 Å². The third kappa shape index (κ3) is 5.44. The number of amides is 1. The summed E-state index contributed by atoms with van der Waals surface area (Å²) < 4.78 is 23.3. The number of halogens is 1. The van der Waals surface area contributed by atoms with Crippen LogP contribution in [0.25, 0.3) is 17.0 Å². The number of fused-ring (bicyclic) bond motifs is 1. The van der Waals surface area contributed by atoms with Crippen LogP contribution in [0.2, 0.25) is 0 Å². The number of aromatic amines is 1. The number of aromatic nitrogens is 1. The summed E-state index contributed by atoms with van der Waals surface area (Å²) in [5.74, 6) is -1.48. The molecule has 2 N–H and O–H groups in total. The van der Waals surface area contributed by atoms with Gasteiger partial charge in [-0.3, -0.25) is 4.79 Å². The number of methoxy groups -OCH3 is 1. The number of hydrogen-bond acceptors (Lipinski definition) is 4. The molecule has 0 saturated carbocycles. The number of H-pyrrole nitrogens is 1. The van der Waals surface area contributed by atoms with E-state index < -0.39 is 11.8 Å². The Bertz CT molecular complexity index is 1040. The van der Waals surface area contributed by atoms with Crippen molar-refractivity contribution in [3.63, 3.8) is 0 Å². The van der Waals surface area contributed by atoms with Crippen LogP contribution in [0, 0.1) is 5.82 Å². The van der Waals surface area contributed by atoms with Crippen LogP contribution in [-0.2, 0) is 20.7 Å². The van der Waals surface area contributed by atoms with E-state index in [1.165, 1.54) is 25.3 Å². The van der Waals surface area contributed by atoms with Gasteiger partial charge in [0.1, 0.15) is 0 Å². The molecule has 7 heteroatoms. The molecular weight excluding hydrogens is 375 g/mol. The topological polar surface area (TPSA) is 80.4 Å². The summed E-state index contributed by atoms with van der Waals surface area (Å²) in [6, 6.07) is 12.2. The number of para-hydroxylation sites is 1. The number of benzene rings is 2. The average molecular weight is 396 g/mol. The summed E-state index contributed by atoms with van der Waals surface area (Å²) in [6.07, 6.45) is 5.12. The van der Waals surface area contributed by atoms with Gasteiger partial charge in [-0.1, -0.05) is 24.3 Å². The molecule has 2 aromatic carbocycles. The van der Waals surface area contributed by atoms with Gasteiger partial charge in [0.25, 0.3) is 5.91 Å². The first kappa shape index (κ1) is 20.1. The van der Waals surface area contributed by atoms with Gasteiger partial charge in [-0.05, 0) is 41.8 Å². The molecule has 6 nitrogen and oxygen atoms in total. The number of rotatable bonds is 8. The fourth-order valence-electron chi connectivity index (χ4n) is 2.86. The second-order valence-corrected chi connectivity index (χ2v) is 6.29. The number of carbonyl (C=O) groups is 2. The molecule has 0 aliphatic rings. The Morgan fingerprint density at radius 1 is 1.21 bits per heavy atom. The third-order valence-corrected chi connectivity index (χ3v) is 4.32. The standard InChI is InChI=1S/C22H21FN2O4/c1-28-20-8-6-15(12-18(20)23)7-9-22(27)29-14-21(26)24-11-10-16-13-25-19-5-3-2-4-17(16)19/h2-9,12-13,25H,10-11,14H2,1H3,(H,24,26)/b9-7+. The zero-order valence-corrected chi connectivity index (χ0v) is 15.9. The maximum atomic E-state index is 13.6. The first-order valence-corrected chi connectivity index (χ1v) is 9.07. The molecule has 1 aromatic heterocycles. The molecule has 0 bridgehead atoms. The lowest BCUT2D eigenvalue weighted by molar-refractivity contribution is -0.143. The highest BCUT2D eigenvalue weighted by Gasteiger charge is 2.07. The maximum Gasteiger partial charge on any atom is 0.331 e. The highest BCUT2D eigenvalue weighted by molar-refractivity contribution is 5.89. The van der Waals surface area contributed by atoms with Crippen molar-refractivity contribution in [2.45, 2.75) is 6.42 Å². The Hall–Kier alpha value is -3.61. The molecule has 0 radical (unpaired) electrons. The summed E-state index contributed by atoms with van der Waals surface area (Å²) >= 11 is 0. The lowest BCUT2D eigenvalue weighted by Crippen LogP contribution is -2.30. The van der Waals surface area contributed by atoms with E-state index in [1.54, 1.807) is 6.07 Å². The fraction of sp³-hybridized carbons (Fsp3) is 0.182. The van der Waals surface area contributed by atoms with E-state index in [4.69, 9.17) is 9.47 Å². The molecule has 0 fully saturated rings. The molecule has 29 heavy (non-hydrogen) atoms. The Balaban J connectivity index is 1.40. The summed E-state index contributed by atoms with van der Waals surface area (Å²) in [5, 5.41) is 3.84. The molecule has 0 unspecified atom stereocenters. The molecule has 0 aliphatic carbocycles.